The second kappa shape index (κ2) is 4.54. The van der Waals surface area contributed by atoms with Gasteiger partial charge in [0.25, 0.3) is 0 Å². The van der Waals surface area contributed by atoms with Gasteiger partial charge in [-0.1, -0.05) is 12.1 Å². The molecule has 2 atom stereocenters. The Bertz CT molecular complexity index is 398. The van der Waals surface area contributed by atoms with Crippen molar-refractivity contribution in [3.63, 3.8) is 0 Å². The van der Waals surface area contributed by atoms with E-state index in [1.54, 1.807) is 0 Å². The Morgan fingerprint density at radius 2 is 1.88 bits per heavy atom. The molecule has 16 heavy (non-hydrogen) atoms. The molecule has 0 aromatic heterocycles. The van der Waals surface area contributed by atoms with Crippen molar-refractivity contribution in [2.45, 2.75) is 25.9 Å². The van der Waals surface area contributed by atoms with Crippen molar-refractivity contribution >= 4 is 5.69 Å². The summed E-state index contributed by atoms with van der Waals surface area (Å²) in [6.45, 7) is 6.28. The van der Waals surface area contributed by atoms with E-state index in [4.69, 9.17) is 5.26 Å². The van der Waals surface area contributed by atoms with Gasteiger partial charge in [-0.3, -0.25) is 0 Å². The van der Waals surface area contributed by atoms with Crippen LogP contribution < -0.4 is 10.2 Å². The van der Waals surface area contributed by atoms with Crippen molar-refractivity contribution in [1.82, 2.24) is 5.32 Å². The van der Waals surface area contributed by atoms with Gasteiger partial charge in [0.1, 0.15) is 6.07 Å². The molecule has 1 aromatic rings. The first-order chi connectivity index (χ1) is 7.70. The highest BCUT2D eigenvalue weighted by Crippen LogP contribution is 2.21. The molecule has 0 amide bonds. The number of rotatable bonds is 1. The molecular weight excluding hydrogens is 198 g/mol. The lowest BCUT2D eigenvalue weighted by Gasteiger charge is -2.38. The maximum absolute atomic E-state index is 9.09. The first-order valence-corrected chi connectivity index (χ1v) is 5.71. The summed E-state index contributed by atoms with van der Waals surface area (Å²) in [4.78, 5) is 2.30. The molecule has 1 N–H and O–H groups in total. The lowest BCUT2D eigenvalue weighted by atomic mass is 10.1. The zero-order valence-corrected chi connectivity index (χ0v) is 9.77. The van der Waals surface area contributed by atoms with Crippen molar-refractivity contribution in [2.75, 3.05) is 18.0 Å². The van der Waals surface area contributed by atoms with E-state index in [9.17, 15) is 0 Å². The first kappa shape index (κ1) is 11.0. The van der Waals surface area contributed by atoms with Gasteiger partial charge in [-0.05, 0) is 26.0 Å². The van der Waals surface area contributed by atoms with E-state index in [0.29, 0.717) is 12.1 Å². The summed E-state index contributed by atoms with van der Waals surface area (Å²) in [5.74, 6) is 0. The van der Waals surface area contributed by atoms with Crippen LogP contribution in [0.15, 0.2) is 24.3 Å². The molecule has 1 aliphatic heterocycles. The Balaban J connectivity index is 2.26. The average molecular weight is 215 g/mol. The van der Waals surface area contributed by atoms with Gasteiger partial charge in [0.2, 0.25) is 0 Å². The van der Waals surface area contributed by atoms with E-state index in [1.807, 2.05) is 24.3 Å². The molecule has 0 radical (unpaired) electrons. The summed E-state index contributed by atoms with van der Waals surface area (Å²) < 4.78 is 0. The molecule has 0 aliphatic carbocycles. The molecule has 1 heterocycles. The number of para-hydroxylation sites is 1. The van der Waals surface area contributed by atoms with Gasteiger partial charge >= 0.3 is 0 Å². The Kier molecular flexibility index (Phi) is 3.12. The van der Waals surface area contributed by atoms with E-state index in [1.165, 1.54) is 0 Å². The fourth-order valence-electron chi connectivity index (χ4n) is 2.37. The first-order valence-electron chi connectivity index (χ1n) is 5.71. The molecule has 84 valence electrons. The Labute approximate surface area is 96.7 Å². The third-order valence-corrected chi connectivity index (χ3v) is 2.92. The molecule has 3 nitrogen and oxygen atoms in total. The van der Waals surface area contributed by atoms with E-state index >= 15 is 0 Å². The largest absolute Gasteiger partial charge is 0.367 e. The fraction of sp³-hybridized carbons (Fsp3) is 0.462. The van der Waals surface area contributed by atoms with Crippen molar-refractivity contribution < 1.29 is 0 Å². The smallest absolute Gasteiger partial charge is 0.101 e. The maximum Gasteiger partial charge on any atom is 0.101 e. The second-order valence-electron chi connectivity index (χ2n) is 4.50. The molecule has 1 aromatic carbocycles. The third-order valence-electron chi connectivity index (χ3n) is 2.92. The predicted molar refractivity (Wildman–Crippen MR) is 65.4 cm³/mol. The van der Waals surface area contributed by atoms with Crippen molar-refractivity contribution in [2.24, 2.45) is 0 Å². The Morgan fingerprint density at radius 1 is 1.25 bits per heavy atom. The van der Waals surface area contributed by atoms with E-state index in [-0.39, 0.29) is 0 Å². The molecule has 1 fully saturated rings. The van der Waals surface area contributed by atoms with Crippen LogP contribution in [0.5, 0.6) is 0 Å². The number of benzene rings is 1. The Hall–Kier alpha value is -1.53. The predicted octanol–water partition coefficient (Wildman–Crippen LogP) is 1.74. The number of nitrogens with zero attached hydrogens (tertiary/aromatic N) is 2. The minimum absolute atomic E-state index is 0.468. The molecule has 2 rings (SSSR count). The van der Waals surface area contributed by atoms with Crippen LogP contribution in [0.4, 0.5) is 5.69 Å². The maximum atomic E-state index is 9.09. The number of nitriles is 1. The number of hydrogen-bond donors (Lipinski definition) is 1. The summed E-state index contributed by atoms with van der Waals surface area (Å²) >= 11 is 0. The van der Waals surface area contributed by atoms with Crippen LogP contribution in [-0.4, -0.2) is 25.2 Å². The molecule has 0 bridgehead atoms. The van der Waals surface area contributed by atoms with E-state index in [0.717, 1.165) is 24.3 Å². The summed E-state index contributed by atoms with van der Waals surface area (Å²) in [7, 11) is 0. The molecule has 0 unspecified atom stereocenters. The standard InChI is InChI=1S/C13H17N3/c1-10-8-16(9-11(2)15-10)13-6-4-3-5-12(13)7-14/h3-6,10-11,15H,8-9H2,1-2H3/t10-,11+. The molecule has 1 saturated heterocycles. The lowest BCUT2D eigenvalue weighted by molar-refractivity contribution is 0.407. The van der Waals surface area contributed by atoms with Crippen LogP contribution >= 0.6 is 0 Å². The van der Waals surface area contributed by atoms with Crippen LogP contribution in [0.25, 0.3) is 0 Å². The topological polar surface area (TPSA) is 39.1 Å². The molecule has 0 saturated carbocycles. The average Bonchev–Trinajstić information content (AvgIpc) is 2.27. The lowest BCUT2D eigenvalue weighted by Crippen LogP contribution is -2.54. The summed E-state index contributed by atoms with van der Waals surface area (Å²) in [6.07, 6.45) is 0. The fourth-order valence-corrected chi connectivity index (χ4v) is 2.37. The van der Waals surface area contributed by atoms with Gasteiger partial charge in [-0.2, -0.15) is 5.26 Å². The van der Waals surface area contributed by atoms with Crippen LogP contribution in [0.3, 0.4) is 0 Å². The van der Waals surface area contributed by atoms with Crippen molar-refractivity contribution in [3.05, 3.63) is 29.8 Å². The van der Waals surface area contributed by atoms with Crippen molar-refractivity contribution in [3.8, 4) is 6.07 Å². The van der Waals surface area contributed by atoms with Crippen LogP contribution in [-0.2, 0) is 0 Å². The zero-order chi connectivity index (χ0) is 11.5. The monoisotopic (exact) mass is 215 g/mol. The van der Waals surface area contributed by atoms with Crippen LogP contribution in [0, 0.1) is 11.3 Å². The summed E-state index contributed by atoms with van der Waals surface area (Å²) in [5.41, 5.74) is 1.83. The molecule has 1 aliphatic rings. The minimum atomic E-state index is 0.468. The van der Waals surface area contributed by atoms with Gasteiger partial charge < -0.3 is 10.2 Å². The number of nitrogens with one attached hydrogen (secondary N) is 1. The van der Waals surface area contributed by atoms with Gasteiger partial charge in [-0.25, -0.2) is 0 Å². The minimum Gasteiger partial charge on any atom is -0.367 e. The summed E-state index contributed by atoms with van der Waals surface area (Å²) in [6, 6.07) is 11.0. The highest BCUT2D eigenvalue weighted by Gasteiger charge is 2.22. The molecule has 3 heteroatoms. The van der Waals surface area contributed by atoms with Gasteiger partial charge in [0, 0.05) is 25.2 Å². The van der Waals surface area contributed by atoms with Gasteiger partial charge in [0.05, 0.1) is 11.3 Å². The van der Waals surface area contributed by atoms with Crippen LogP contribution in [0.1, 0.15) is 19.4 Å². The van der Waals surface area contributed by atoms with Crippen LogP contribution in [0.2, 0.25) is 0 Å². The number of anilines is 1. The van der Waals surface area contributed by atoms with E-state index in [2.05, 4.69) is 30.1 Å². The highest BCUT2D eigenvalue weighted by atomic mass is 15.2. The van der Waals surface area contributed by atoms with Gasteiger partial charge in [0.15, 0.2) is 0 Å². The second-order valence-corrected chi connectivity index (χ2v) is 4.50. The Morgan fingerprint density at radius 3 is 2.50 bits per heavy atom. The normalized spacial score (nSPS) is 25.2. The number of piperazine rings is 1. The molecule has 0 spiro atoms. The number of hydrogen-bond acceptors (Lipinski definition) is 3. The summed E-state index contributed by atoms with van der Waals surface area (Å²) in [5, 5.41) is 12.6. The quantitative estimate of drug-likeness (QED) is 0.775. The third kappa shape index (κ3) is 2.17. The van der Waals surface area contributed by atoms with E-state index < -0.39 is 0 Å². The highest BCUT2D eigenvalue weighted by molar-refractivity contribution is 5.59. The van der Waals surface area contributed by atoms with Crippen molar-refractivity contribution in [1.29, 1.82) is 5.26 Å². The van der Waals surface area contributed by atoms with Gasteiger partial charge in [-0.15, -0.1) is 0 Å². The zero-order valence-electron chi connectivity index (χ0n) is 9.77. The SMILES string of the molecule is C[C@@H]1CN(c2ccccc2C#N)C[C@H](C)N1. The molecular formula is C13H17N3.